The van der Waals surface area contributed by atoms with Gasteiger partial charge in [0, 0.05) is 33.9 Å². The fourth-order valence-corrected chi connectivity index (χ4v) is 0. The number of aliphatic hydroxyl groups excluding tert-OH is 1. The molecule has 1 nitrogen and oxygen atoms in total. The molecule has 0 bridgehead atoms. The van der Waals surface area contributed by atoms with Crippen LogP contribution < -0.4 is 0 Å². The Hall–Kier alpha value is 0.882. The summed E-state index contributed by atoms with van der Waals surface area (Å²) in [7, 11) is 0. The van der Waals surface area contributed by atoms with Crippen molar-refractivity contribution in [3.63, 3.8) is 0 Å². The molecule has 36 valence electrons. The molecule has 0 atom stereocenters. The summed E-state index contributed by atoms with van der Waals surface area (Å²) in [5.41, 5.74) is 0. The second-order valence-electron chi connectivity index (χ2n) is 1.58. The molecule has 6 heavy (non-hydrogen) atoms. The van der Waals surface area contributed by atoms with Gasteiger partial charge in [0.2, 0.25) is 0 Å². The van der Waals surface area contributed by atoms with Crippen LogP contribution in [-0.2, 0) is 0 Å². The van der Waals surface area contributed by atoms with Crippen molar-refractivity contribution < 1.29 is 5.11 Å². The number of rotatable bonds is 1. The van der Waals surface area contributed by atoms with Crippen LogP contribution in [0.3, 0.4) is 0 Å². The second kappa shape index (κ2) is 5.88. The Labute approximate surface area is 58.9 Å². The van der Waals surface area contributed by atoms with Gasteiger partial charge in [0.25, 0.3) is 0 Å². The first-order chi connectivity index (χ1) is 2.27. The van der Waals surface area contributed by atoms with Crippen LogP contribution in [-0.4, -0.2) is 39.0 Å². The van der Waals surface area contributed by atoms with E-state index < -0.39 is 0 Å². The van der Waals surface area contributed by atoms with Gasteiger partial charge in [0.15, 0.2) is 0 Å². The Morgan fingerprint density at radius 1 is 1.50 bits per heavy atom. The summed E-state index contributed by atoms with van der Waals surface area (Å²) in [5.74, 6) is 0.440. The van der Waals surface area contributed by atoms with Crippen molar-refractivity contribution in [1.82, 2.24) is 0 Å². The third kappa shape index (κ3) is 8.86. The van der Waals surface area contributed by atoms with E-state index in [2.05, 4.69) is 0 Å². The van der Waals surface area contributed by atoms with E-state index >= 15 is 0 Å². The Kier molecular flexibility index (Phi) is 9.79. The van der Waals surface area contributed by atoms with E-state index in [9.17, 15) is 0 Å². The van der Waals surface area contributed by atoms with Gasteiger partial charge in [0.1, 0.15) is 0 Å². The molecule has 0 aromatic rings. The van der Waals surface area contributed by atoms with Gasteiger partial charge >= 0.3 is 0 Å². The second-order valence-corrected chi connectivity index (χ2v) is 1.58. The molecule has 0 saturated heterocycles. The molecular weight excluding hydrogens is 271 g/mol. The van der Waals surface area contributed by atoms with Crippen LogP contribution in [0.2, 0.25) is 0 Å². The van der Waals surface area contributed by atoms with Crippen LogP contribution in [0.15, 0.2) is 0 Å². The van der Waals surface area contributed by atoms with Crippen LogP contribution in [0.5, 0.6) is 0 Å². The summed E-state index contributed by atoms with van der Waals surface area (Å²) < 4.78 is 0. The molecule has 0 unspecified atom stereocenters. The predicted octanol–water partition coefficient (Wildman–Crippen LogP) is 0.254. The molecule has 0 rings (SSSR count). The maximum atomic E-state index is 8.14. The van der Waals surface area contributed by atoms with Crippen molar-refractivity contribution in [2.24, 2.45) is 5.92 Å². The Morgan fingerprint density at radius 3 is 1.67 bits per heavy atom. The minimum absolute atomic E-state index is 0. The van der Waals surface area contributed by atoms with Gasteiger partial charge in [-0.1, -0.05) is 13.8 Å². The monoisotopic (exact) mass is 282 g/mol. The fourth-order valence-electron chi connectivity index (χ4n) is 0. The summed E-state index contributed by atoms with van der Waals surface area (Å²) in [6.07, 6.45) is 0. The largest absolute Gasteiger partial charge is 0.396 e. The number of hydrogen-bond donors (Lipinski definition) is 1. The van der Waals surface area contributed by atoms with Gasteiger partial charge in [-0.2, -0.15) is 0 Å². The van der Waals surface area contributed by atoms with Crippen molar-refractivity contribution in [2.45, 2.75) is 13.8 Å². The quantitative estimate of drug-likeness (QED) is 0.683. The average Bonchev–Trinajstić information content (AvgIpc) is 1.38. The molecule has 0 aliphatic carbocycles. The normalized spacial score (nSPS) is 8.00. The van der Waals surface area contributed by atoms with E-state index in [1.54, 1.807) is 0 Å². The van der Waals surface area contributed by atoms with Gasteiger partial charge in [-0.15, -0.1) is 0 Å². The molecule has 0 aromatic carbocycles. The standard InChI is InChI=1S/C4H10O.Pb/c1-4(2)3-5;/h4-5H,3H2,1-2H3;. The summed E-state index contributed by atoms with van der Waals surface area (Å²) in [6, 6.07) is 0. The first-order valence-electron chi connectivity index (χ1n) is 1.88. The SMILES string of the molecule is CC(C)CO.[Pb]. The molecule has 4 radical (unpaired) electrons. The average molecular weight is 281 g/mol. The number of hydrogen-bond acceptors (Lipinski definition) is 1. The summed E-state index contributed by atoms with van der Waals surface area (Å²) >= 11 is 0. The van der Waals surface area contributed by atoms with Crippen LogP contribution in [0, 0.1) is 5.92 Å². The van der Waals surface area contributed by atoms with E-state index in [0.29, 0.717) is 12.5 Å². The zero-order chi connectivity index (χ0) is 4.28. The fraction of sp³-hybridized carbons (Fsp3) is 1.00. The van der Waals surface area contributed by atoms with E-state index in [1.165, 1.54) is 0 Å². The van der Waals surface area contributed by atoms with Crippen LogP contribution in [0.4, 0.5) is 0 Å². The molecule has 0 fully saturated rings. The topological polar surface area (TPSA) is 20.2 Å². The molecular formula is C4H10OPb. The third-order valence-corrected chi connectivity index (χ3v) is 0.365. The van der Waals surface area contributed by atoms with E-state index in [-0.39, 0.29) is 27.3 Å². The van der Waals surface area contributed by atoms with Gasteiger partial charge in [-0.25, -0.2) is 0 Å². The van der Waals surface area contributed by atoms with Gasteiger partial charge in [0.05, 0.1) is 0 Å². The van der Waals surface area contributed by atoms with E-state index in [4.69, 9.17) is 5.11 Å². The summed E-state index contributed by atoms with van der Waals surface area (Å²) in [5, 5.41) is 8.14. The molecule has 2 heteroatoms. The van der Waals surface area contributed by atoms with Crippen LogP contribution in [0.25, 0.3) is 0 Å². The van der Waals surface area contributed by atoms with Crippen molar-refractivity contribution in [1.29, 1.82) is 0 Å². The maximum absolute atomic E-state index is 8.14. The van der Waals surface area contributed by atoms with Crippen molar-refractivity contribution in [3.05, 3.63) is 0 Å². The van der Waals surface area contributed by atoms with Crippen LogP contribution in [0.1, 0.15) is 13.8 Å². The maximum Gasteiger partial charge on any atom is 0.0453 e. The van der Waals surface area contributed by atoms with Crippen molar-refractivity contribution in [2.75, 3.05) is 6.61 Å². The third-order valence-electron chi connectivity index (χ3n) is 0.365. The molecule has 0 amide bonds. The van der Waals surface area contributed by atoms with Crippen LogP contribution >= 0.6 is 0 Å². The Bertz CT molecular complexity index is 21.5. The van der Waals surface area contributed by atoms with Gasteiger partial charge in [-0.3, -0.25) is 0 Å². The number of aliphatic hydroxyl groups is 1. The zero-order valence-electron chi connectivity index (χ0n) is 4.23. The molecule has 0 aromatic heterocycles. The molecule has 1 N–H and O–H groups in total. The summed E-state index contributed by atoms with van der Waals surface area (Å²) in [4.78, 5) is 0. The minimum atomic E-state index is 0. The summed E-state index contributed by atoms with van der Waals surface area (Å²) in [6.45, 7) is 4.25. The molecule has 0 aliphatic heterocycles. The Morgan fingerprint density at radius 2 is 1.67 bits per heavy atom. The van der Waals surface area contributed by atoms with Crippen molar-refractivity contribution in [3.8, 4) is 0 Å². The van der Waals surface area contributed by atoms with Gasteiger partial charge < -0.3 is 5.11 Å². The van der Waals surface area contributed by atoms with E-state index in [1.807, 2.05) is 13.8 Å². The minimum Gasteiger partial charge on any atom is -0.396 e. The molecule has 0 saturated carbocycles. The zero-order valence-corrected chi connectivity index (χ0v) is 8.12. The smallest absolute Gasteiger partial charge is 0.0453 e. The predicted molar refractivity (Wildman–Crippen MR) is 27.7 cm³/mol. The van der Waals surface area contributed by atoms with Gasteiger partial charge in [-0.05, 0) is 5.92 Å². The van der Waals surface area contributed by atoms with E-state index in [0.717, 1.165) is 0 Å². The molecule has 0 aliphatic rings. The first kappa shape index (κ1) is 9.99. The Balaban J connectivity index is 0. The van der Waals surface area contributed by atoms with Crippen molar-refractivity contribution >= 4 is 27.3 Å². The molecule has 0 heterocycles. The first-order valence-corrected chi connectivity index (χ1v) is 1.88. The molecule has 0 spiro atoms.